The number of hydrogen-bond donors (Lipinski definition) is 0. The second-order valence-corrected chi connectivity index (χ2v) is 19.9. The van der Waals surface area contributed by atoms with Crippen LogP contribution in [0.3, 0.4) is 0 Å². The molecule has 255 valence electrons. The van der Waals surface area contributed by atoms with Gasteiger partial charge in [-0.3, -0.25) is 0 Å². The largest absolute Gasteiger partial charge is 0.305 e. The summed E-state index contributed by atoms with van der Waals surface area (Å²) in [4.78, 5) is 9.33. The van der Waals surface area contributed by atoms with Crippen LogP contribution in [0.25, 0.3) is 53.8 Å². The van der Waals surface area contributed by atoms with Gasteiger partial charge in [0.25, 0.3) is 0 Å². The number of nitrogens with zero attached hydrogens (tertiary/aromatic N) is 2. The van der Waals surface area contributed by atoms with Crippen molar-refractivity contribution < 1.29 is 20.1 Å². The maximum absolute atomic E-state index is 4.75. The first kappa shape index (κ1) is 36.3. The summed E-state index contributed by atoms with van der Waals surface area (Å²) >= 11 is 1.83. The van der Waals surface area contributed by atoms with Gasteiger partial charge in [0.1, 0.15) is 0 Å². The molecule has 0 spiro atoms. The molecule has 0 aliphatic rings. The standard InChI is InChI=1S/C31H22NS.C15H18NSi.Ir/c1-21(22-9-4-2-5-10-22)24-17-18-32-29(19-24)28-14-8-13-27-26-16-15-25(20-30(26)33-31(27)28)23-11-6-3-7-12-23;1-12-10-14(13-8-6-5-7-9-13)16-11-15(12)17(2,3)4;/h2-13,15-21H,1H3;5-8,10-11H,1-4H3;/q2*-1;. The topological polar surface area (TPSA) is 25.8 Å². The zero-order valence-electron chi connectivity index (χ0n) is 29.6. The quantitative estimate of drug-likeness (QED) is 0.123. The molecule has 3 heterocycles. The van der Waals surface area contributed by atoms with Crippen LogP contribution in [0, 0.1) is 19.1 Å². The van der Waals surface area contributed by atoms with Crippen LogP contribution in [-0.2, 0) is 20.1 Å². The molecule has 1 radical (unpaired) electrons. The van der Waals surface area contributed by atoms with Crippen LogP contribution >= 0.6 is 11.3 Å². The normalized spacial score (nSPS) is 11.8. The van der Waals surface area contributed by atoms with Gasteiger partial charge in [0.2, 0.25) is 0 Å². The van der Waals surface area contributed by atoms with E-state index < -0.39 is 8.07 Å². The van der Waals surface area contributed by atoms with Crippen molar-refractivity contribution in [3.8, 4) is 33.6 Å². The van der Waals surface area contributed by atoms with Gasteiger partial charge in [-0.2, -0.15) is 11.3 Å². The number of rotatable bonds is 6. The Morgan fingerprint density at radius 3 is 2.10 bits per heavy atom. The van der Waals surface area contributed by atoms with Crippen LogP contribution in [0.1, 0.15) is 29.5 Å². The molecule has 3 aromatic heterocycles. The molecule has 1 atom stereocenters. The molecule has 1 unspecified atom stereocenters. The van der Waals surface area contributed by atoms with Gasteiger partial charge in [0.05, 0.1) is 8.07 Å². The van der Waals surface area contributed by atoms with Crippen molar-refractivity contribution in [3.05, 3.63) is 175 Å². The van der Waals surface area contributed by atoms with Gasteiger partial charge < -0.3 is 9.97 Å². The summed E-state index contributed by atoms with van der Waals surface area (Å²) in [6.07, 6.45) is 3.98. The summed E-state index contributed by atoms with van der Waals surface area (Å²) in [6, 6.07) is 53.4. The van der Waals surface area contributed by atoms with Crippen molar-refractivity contribution in [2.24, 2.45) is 0 Å². The molecule has 0 aliphatic heterocycles. The number of hydrogen-bond acceptors (Lipinski definition) is 3. The van der Waals surface area contributed by atoms with E-state index in [2.05, 4.69) is 166 Å². The number of benzene rings is 5. The molecule has 5 heteroatoms. The van der Waals surface area contributed by atoms with E-state index in [0.29, 0.717) is 5.92 Å². The average Bonchev–Trinajstić information content (AvgIpc) is 3.53. The molecule has 0 amide bonds. The Labute approximate surface area is 320 Å². The van der Waals surface area contributed by atoms with Crippen molar-refractivity contribution in [3.63, 3.8) is 0 Å². The summed E-state index contributed by atoms with van der Waals surface area (Å²) in [5.74, 6) is 0.308. The smallest absolute Gasteiger partial charge is 0.0798 e. The maximum Gasteiger partial charge on any atom is 0.0798 e. The fourth-order valence-electron chi connectivity index (χ4n) is 6.57. The summed E-state index contributed by atoms with van der Waals surface area (Å²) in [7, 11) is -1.27. The second kappa shape index (κ2) is 15.8. The molecular weight excluding hydrogens is 833 g/mol. The Morgan fingerprint density at radius 1 is 0.647 bits per heavy atom. The minimum atomic E-state index is -1.27. The predicted molar refractivity (Wildman–Crippen MR) is 217 cm³/mol. The third kappa shape index (κ3) is 8.03. The van der Waals surface area contributed by atoms with Crippen molar-refractivity contribution in [1.82, 2.24) is 9.97 Å². The number of aryl methyl sites for hydroxylation is 1. The number of fused-ring (bicyclic) bond motifs is 3. The molecule has 2 nitrogen and oxygen atoms in total. The molecule has 0 N–H and O–H groups in total. The first-order valence-electron chi connectivity index (χ1n) is 17.1. The molecule has 5 aromatic carbocycles. The summed E-state index contributed by atoms with van der Waals surface area (Å²) in [5.41, 5.74) is 10.6. The summed E-state index contributed by atoms with van der Waals surface area (Å²) < 4.78 is 2.54. The van der Waals surface area contributed by atoms with E-state index in [1.165, 1.54) is 53.2 Å². The van der Waals surface area contributed by atoms with E-state index in [0.717, 1.165) is 22.5 Å². The third-order valence-corrected chi connectivity index (χ3v) is 12.6. The molecular formula is C46H40IrN2SSi-2. The van der Waals surface area contributed by atoms with Crippen molar-refractivity contribution in [2.75, 3.05) is 0 Å². The molecule has 0 fully saturated rings. The second-order valence-electron chi connectivity index (χ2n) is 13.8. The first-order chi connectivity index (χ1) is 24.3. The zero-order chi connectivity index (χ0) is 34.7. The van der Waals surface area contributed by atoms with Gasteiger partial charge in [-0.05, 0) is 68.0 Å². The van der Waals surface area contributed by atoms with Crippen LogP contribution in [0.2, 0.25) is 19.6 Å². The average molecular weight is 873 g/mol. The zero-order valence-corrected chi connectivity index (χ0v) is 33.8. The third-order valence-electron chi connectivity index (χ3n) is 9.28. The minimum absolute atomic E-state index is 0. The number of aromatic nitrogens is 2. The van der Waals surface area contributed by atoms with Gasteiger partial charge in [-0.25, -0.2) is 0 Å². The molecule has 0 aliphatic carbocycles. The molecule has 0 bridgehead atoms. The van der Waals surface area contributed by atoms with E-state index in [9.17, 15) is 0 Å². The molecule has 8 aromatic rings. The number of pyridine rings is 2. The molecule has 51 heavy (non-hydrogen) atoms. The van der Waals surface area contributed by atoms with E-state index in [4.69, 9.17) is 4.98 Å². The van der Waals surface area contributed by atoms with Crippen LogP contribution < -0.4 is 5.19 Å². The predicted octanol–water partition coefficient (Wildman–Crippen LogP) is 12.1. The van der Waals surface area contributed by atoms with Gasteiger partial charge in [-0.1, -0.05) is 122 Å². The van der Waals surface area contributed by atoms with Gasteiger partial charge in [0.15, 0.2) is 0 Å². The van der Waals surface area contributed by atoms with Crippen LogP contribution in [0.5, 0.6) is 0 Å². The van der Waals surface area contributed by atoms with Gasteiger partial charge in [0, 0.05) is 43.1 Å². The Balaban J connectivity index is 0.000000211. The van der Waals surface area contributed by atoms with Crippen molar-refractivity contribution in [2.45, 2.75) is 39.4 Å². The van der Waals surface area contributed by atoms with Crippen LogP contribution in [-0.4, -0.2) is 18.0 Å². The van der Waals surface area contributed by atoms with E-state index in [1.807, 2.05) is 41.8 Å². The monoisotopic (exact) mass is 873 g/mol. The van der Waals surface area contributed by atoms with Gasteiger partial charge >= 0.3 is 0 Å². The Hall–Kier alpha value is -4.51. The first-order valence-corrected chi connectivity index (χ1v) is 21.5. The fourth-order valence-corrected chi connectivity index (χ4v) is 9.52. The Kier molecular flexibility index (Phi) is 11.2. The number of thiophene rings is 1. The van der Waals surface area contributed by atoms with E-state index >= 15 is 0 Å². The van der Waals surface area contributed by atoms with E-state index in [1.54, 1.807) is 0 Å². The van der Waals surface area contributed by atoms with Crippen LogP contribution in [0.15, 0.2) is 146 Å². The van der Waals surface area contributed by atoms with Crippen LogP contribution in [0.4, 0.5) is 0 Å². The van der Waals surface area contributed by atoms with Crippen molar-refractivity contribution >= 4 is 44.8 Å². The summed E-state index contributed by atoms with van der Waals surface area (Å²) in [5, 5.41) is 4.00. The SMILES string of the molecule is CC(c1ccccc1)c1ccnc(-c2[c-]ccc3c2sc2cc(-c4ccccc4)ccc23)c1.Cc1cc(-c2[c-]cccc2)ncc1[Si](C)(C)C.[Ir]. The van der Waals surface area contributed by atoms with E-state index in [-0.39, 0.29) is 20.1 Å². The summed E-state index contributed by atoms with van der Waals surface area (Å²) in [6.45, 7) is 11.5. The Bertz CT molecular complexity index is 2380. The maximum atomic E-state index is 4.75. The molecule has 8 rings (SSSR count). The minimum Gasteiger partial charge on any atom is -0.305 e. The Morgan fingerprint density at radius 2 is 1.39 bits per heavy atom. The van der Waals surface area contributed by atoms with Crippen molar-refractivity contribution in [1.29, 1.82) is 0 Å². The fraction of sp³-hybridized carbons (Fsp3) is 0.130. The molecule has 0 saturated heterocycles. The molecule has 0 saturated carbocycles. The van der Waals surface area contributed by atoms with Gasteiger partial charge in [-0.15, -0.1) is 59.7 Å².